The van der Waals surface area contributed by atoms with Crippen molar-refractivity contribution in [1.82, 2.24) is 9.97 Å². The number of benzene rings is 1. The van der Waals surface area contributed by atoms with E-state index >= 15 is 0 Å². The van der Waals surface area contributed by atoms with Gasteiger partial charge >= 0.3 is 0 Å². The highest BCUT2D eigenvalue weighted by Crippen LogP contribution is 2.23. The summed E-state index contributed by atoms with van der Waals surface area (Å²) in [5.41, 5.74) is 6.89. The molecule has 0 atom stereocenters. The third-order valence-electron chi connectivity index (χ3n) is 4.21. The molecular weight excluding hydrogens is 252 g/mol. The van der Waals surface area contributed by atoms with Crippen LogP contribution in [0.1, 0.15) is 26.2 Å². The first kappa shape index (κ1) is 13.0. The van der Waals surface area contributed by atoms with Gasteiger partial charge < -0.3 is 10.6 Å². The Morgan fingerprint density at radius 2 is 2.15 bits per heavy atom. The number of anilines is 2. The topological polar surface area (TPSA) is 75.0 Å². The second-order valence-corrected chi connectivity index (χ2v) is 5.50. The molecule has 0 amide bonds. The lowest BCUT2D eigenvalue weighted by Gasteiger charge is -2.31. The largest absolute Gasteiger partial charge is 0.399 e. The van der Waals surface area contributed by atoms with Crippen molar-refractivity contribution in [2.75, 3.05) is 23.7 Å². The van der Waals surface area contributed by atoms with Crippen molar-refractivity contribution in [2.45, 2.75) is 26.2 Å². The number of piperidine rings is 1. The number of aromatic nitrogens is 2. The molecule has 5 heteroatoms. The normalized spacial score (nSPS) is 16.8. The molecule has 0 saturated carbocycles. The van der Waals surface area contributed by atoms with Crippen LogP contribution in [0.15, 0.2) is 23.0 Å². The van der Waals surface area contributed by atoms with Gasteiger partial charge in [-0.05, 0) is 37.0 Å². The molecule has 0 aliphatic carbocycles. The van der Waals surface area contributed by atoms with E-state index in [2.05, 4.69) is 21.8 Å². The van der Waals surface area contributed by atoms with Crippen molar-refractivity contribution < 1.29 is 0 Å². The van der Waals surface area contributed by atoms with Crippen LogP contribution in [0.4, 0.5) is 11.6 Å². The summed E-state index contributed by atoms with van der Waals surface area (Å²) in [7, 11) is 0. The lowest BCUT2D eigenvalue weighted by Crippen LogP contribution is -2.35. The zero-order valence-corrected chi connectivity index (χ0v) is 11.7. The van der Waals surface area contributed by atoms with Gasteiger partial charge in [0.1, 0.15) is 0 Å². The SMILES string of the molecule is CCC1CCN(c2nc3ccc(N)cc3c(=O)[nH]2)CC1. The Morgan fingerprint density at radius 1 is 1.40 bits per heavy atom. The quantitative estimate of drug-likeness (QED) is 0.821. The fourth-order valence-corrected chi connectivity index (χ4v) is 2.85. The van der Waals surface area contributed by atoms with Crippen molar-refractivity contribution in [3.63, 3.8) is 0 Å². The summed E-state index contributed by atoms with van der Waals surface area (Å²) in [5, 5.41) is 0.553. The monoisotopic (exact) mass is 272 g/mol. The predicted octanol–water partition coefficient (Wildman–Crippen LogP) is 2.13. The zero-order chi connectivity index (χ0) is 14.1. The van der Waals surface area contributed by atoms with Gasteiger partial charge in [0.2, 0.25) is 5.95 Å². The maximum absolute atomic E-state index is 12.1. The molecule has 1 saturated heterocycles. The Labute approximate surface area is 117 Å². The molecule has 1 fully saturated rings. The molecule has 2 heterocycles. The Hall–Kier alpha value is -2.04. The van der Waals surface area contributed by atoms with Crippen LogP contribution < -0.4 is 16.2 Å². The van der Waals surface area contributed by atoms with Crippen LogP contribution in [0.5, 0.6) is 0 Å². The molecule has 1 aliphatic heterocycles. The van der Waals surface area contributed by atoms with Crippen LogP contribution >= 0.6 is 0 Å². The number of hydrogen-bond acceptors (Lipinski definition) is 4. The van der Waals surface area contributed by atoms with E-state index in [1.807, 2.05) is 6.07 Å². The first-order chi connectivity index (χ1) is 9.67. The van der Waals surface area contributed by atoms with Crippen molar-refractivity contribution in [1.29, 1.82) is 0 Å². The molecule has 2 aromatic rings. The summed E-state index contributed by atoms with van der Waals surface area (Å²) in [6.45, 7) is 4.16. The van der Waals surface area contributed by atoms with E-state index in [-0.39, 0.29) is 5.56 Å². The van der Waals surface area contributed by atoms with Crippen molar-refractivity contribution in [3.05, 3.63) is 28.6 Å². The predicted molar refractivity (Wildman–Crippen MR) is 82.0 cm³/mol. The van der Waals surface area contributed by atoms with Gasteiger partial charge in [-0.3, -0.25) is 9.78 Å². The van der Waals surface area contributed by atoms with E-state index < -0.39 is 0 Å². The van der Waals surface area contributed by atoms with Crippen LogP contribution in [0.2, 0.25) is 0 Å². The molecule has 3 N–H and O–H groups in total. The van der Waals surface area contributed by atoms with Gasteiger partial charge in [-0.25, -0.2) is 4.98 Å². The van der Waals surface area contributed by atoms with Crippen LogP contribution in [-0.4, -0.2) is 23.1 Å². The smallest absolute Gasteiger partial charge is 0.260 e. The van der Waals surface area contributed by atoms with E-state index in [9.17, 15) is 4.79 Å². The fraction of sp³-hybridized carbons (Fsp3) is 0.467. The summed E-state index contributed by atoms with van der Waals surface area (Å²) >= 11 is 0. The number of H-pyrrole nitrogens is 1. The molecule has 1 aromatic carbocycles. The second-order valence-electron chi connectivity index (χ2n) is 5.50. The first-order valence-corrected chi connectivity index (χ1v) is 7.22. The Morgan fingerprint density at radius 3 is 2.85 bits per heavy atom. The summed E-state index contributed by atoms with van der Waals surface area (Å²) in [6, 6.07) is 5.26. The van der Waals surface area contributed by atoms with Crippen LogP contribution in [0.25, 0.3) is 10.9 Å². The average Bonchev–Trinajstić information content (AvgIpc) is 2.48. The van der Waals surface area contributed by atoms with Crippen molar-refractivity contribution >= 4 is 22.5 Å². The molecule has 106 valence electrons. The van der Waals surface area contributed by atoms with E-state index in [1.165, 1.54) is 19.3 Å². The van der Waals surface area contributed by atoms with Crippen LogP contribution in [0, 0.1) is 5.92 Å². The maximum atomic E-state index is 12.1. The highest BCUT2D eigenvalue weighted by atomic mass is 16.1. The molecule has 1 aromatic heterocycles. The number of hydrogen-bond donors (Lipinski definition) is 2. The van der Waals surface area contributed by atoms with E-state index in [1.54, 1.807) is 12.1 Å². The first-order valence-electron chi connectivity index (χ1n) is 7.22. The van der Waals surface area contributed by atoms with Gasteiger partial charge in [-0.15, -0.1) is 0 Å². The standard InChI is InChI=1S/C15H20N4O/c1-2-10-5-7-19(8-6-10)15-17-13-4-3-11(16)9-12(13)14(20)18-15/h3-4,9-10H,2,5-8,16H2,1H3,(H,17,18,20). The van der Waals surface area contributed by atoms with Gasteiger partial charge in [0.15, 0.2) is 0 Å². The molecule has 0 spiro atoms. The van der Waals surface area contributed by atoms with Gasteiger partial charge in [0, 0.05) is 18.8 Å². The number of nitrogens with two attached hydrogens (primary N) is 1. The fourth-order valence-electron chi connectivity index (χ4n) is 2.85. The minimum absolute atomic E-state index is 0.116. The number of nitrogens with one attached hydrogen (secondary N) is 1. The minimum Gasteiger partial charge on any atom is -0.399 e. The average molecular weight is 272 g/mol. The van der Waals surface area contributed by atoms with E-state index in [4.69, 9.17) is 5.73 Å². The summed E-state index contributed by atoms with van der Waals surface area (Å²) < 4.78 is 0. The number of fused-ring (bicyclic) bond motifs is 1. The zero-order valence-electron chi connectivity index (χ0n) is 11.7. The third kappa shape index (κ3) is 2.35. The molecule has 3 rings (SSSR count). The van der Waals surface area contributed by atoms with Gasteiger partial charge in [0.05, 0.1) is 10.9 Å². The Bertz CT molecular complexity index is 671. The summed E-state index contributed by atoms with van der Waals surface area (Å²) in [4.78, 5) is 21.8. The Kier molecular flexibility index (Phi) is 3.34. The van der Waals surface area contributed by atoms with Crippen LogP contribution in [-0.2, 0) is 0 Å². The number of rotatable bonds is 2. The second kappa shape index (κ2) is 5.15. The molecule has 0 radical (unpaired) electrons. The molecule has 0 unspecified atom stereocenters. The van der Waals surface area contributed by atoms with Crippen LogP contribution in [0.3, 0.4) is 0 Å². The summed E-state index contributed by atoms with van der Waals surface area (Å²) in [5.74, 6) is 1.49. The third-order valence-corrected chi connectivity index (χ3v) is 4.21. The molecular formula is C15H20N4O. The lowest BCUT2D eigenvalue weighted by molar-refractivity contribution is 0.392. The lowest BCUT2D eigenvalue weighted by atomic mass is 9.95. The molecule has 20 heavy (non-hydrogen) atoms. The highest BCUT2D eigenvalue weighted by Gasteiger charge is 2.20. The molecule has 1 aliphatic rings. The van der Waals surface area contributed by atoms with Crippen molar-refractivity contribution in [3.8, 4) is 0 Å². The molecule has 0 bridgehead atoms. The molecule has 5 nitrogen and oxygen atoms in total. The number of aromatic amines is 1. The van der Waals surface area contributed by atoms with Crippen molar-refractivity contribution in [2.24, 2.45) is 5.92 Å². The van der Waals surface area contributed by atoms with Gasteiger partial charge in [-0.1, -0.05) is 13.3 Å². The summed E-state index contributed by atoms with van der Waals surface area (Å²) in [6.07, 6.45) is 3.56. The maximum Gasteiger partial charge on any atom is 0.260 e. The number of nitrogens with zero attached hydrogens (tertiary/aromatic N) is 2. The van der Waals surface area contributed by atoms with E-state index in [0.29, 0.717) is 22.5 Å². The highest BCUT2D eigenvalue weighted by molar-refractivity contribution is 5.81. The van der Waals surface area contributed by atoms with E-state index in [0.717, 1.165) is 19.0 Å². The van der Waals surface area contributed by atoms with Gasteiger partial charge in [-0.2, -0.15) is 0 Å². The Balaban J connectivity index is 1.93. The number of nitrogen functional groups attached to an aromatic ring is 1. The minimum atomic E-state index is -0.116. The van der Waals surface area contributed by atoms with Gasteiger partial charge in [0.25, 0.3) is 5.56 Å².